The Bertz CT molecular complexity index is 1050. The van der Waals surface area contributed by atoms with Crippen LogP contribution in [0.1, 0.15) is 18.4 Å². The molecule has 0 spiro atoms. The molecule has 1 aliphatic heterocycles. The molecule has 31 heavy (non-hydrogen) atoms. The number of likely N-dealkylation sites (tertiary alicyclic amines) is 1. The summed E-state index contributed by atoms with van der Waals surface area (Å²) in [6.45, 7) is 2.21. The van der Waals surface area contributed by atoms with Crippen LogP contribution in [0, 0.1) is 12.8 Å². The number of primary amides is 1. The molecule has 1 aliphatic rings. The number of methoxy groups -OCH3 is 1. The number of anilines is 1. The van der Waals surface area contributed by atoms with Crippen LogP contribution >= 0.6 is 0 Å². The van der Waals surface area contributed by atoms with Crippen LogP contribution in [0.2, 0.25) is 0 Å². The molecule has 1 saturated heterocycles. The maximum absolute atomic E-state index is 13.5. The number of ether oxygens (including phenoxy) is 1. The zero-order valence-electron chi connectivity index (χ0n) is 17.7. The second kappa shape index (κ2) is 9.38. The summed E-state index contributed by atoms with van der Waals surface area (Å²) in [5.41, 5.74) is 6.58. The number of carbonyl (C=O) groups is 2. The molecule has 0 aliphatic carbocycles. The van der Waals surface area contributed by atoms with Crippen molar-refractivity contribution >= 4 is 27.5 Å². The Morgan fingerprint density at radius 1 is 1.10 bits per heavy atom. The number of aryl methyl sites for hydroxylation is 1. The van der Waals surface area contributed by atoms with Gasteiger partial charge in [-0.3, -0.25) is 13.9 Å². The van der Waals surface area contributed by atoms with Crippen molar-refractivity contribution in [3.63, 3.8) is 0 Å². The van der Waals surface area contributed by atoms with Gasteiger partial charge < -0.3 is 15.4 Å². The van der Waals surface area contributed by atoms with Crippen LogP contribution in [0.4, 0.5) is 5.69 Å². The van der Waals surface area contributed by atoms with Gasteiger partial charge in [0.15, 0.2) is 0 Å². The molecule has 0 bridgehead atoms. The number of hydrogen-bond acceptors (Lipinski definition) is 5. The van der Waals surface area contributed by atoms with E-state index in [-0.39, 0.29) is 34.9 Å². The van der Waals surface area contributed by atoms with E-state index in [0.29, 0.717) is 31.7 Å². The number of para-hydroxylation sites is 2. The number of piperidine rings is 1. The third-order valence-electron chi connectivity index (χ3n) is 5.49. The van der Waals surface area contributed by atoms with Crippen LogP contribution < -0.4 is 14.8 Å². The maximum atomic E-state index is 13.5. The standard InChI is InChI=1S/C22H27N3O5S/c1-16-7-9-18(10-8-16)31(28,29)25(19-5-3-4-6-20(19)30-2)15-21(26)24-13-11-17(12-14-24)22(23)27/h3-10,17H,11-15H2,1-2H3,(H2,23,27). The highest BCUT2D eigenvalue weighted by Crippen LogP contribution is 2.32. The van der Waals surface area contributed by atoms with E-state index < -0.39 is 10.0 Å². The van der Waals surface area contributed by atoms with Gasteiger partial charge in [0.2, 0.25) is 11.8 Å². The molecule has 2 aromatic rings. The van der Waals surface area contributed by atoms with E-state index in [0.717, 1.165) is 9.87 Å². The average Bonchev–Trinajstić information content (AvgIpc) is 2.77. The predicted octanol–water partition coefficient (Wildman–Crippen LogP) is 1.92. The van der Waals surface area contributed by atoms with Crippen molar-refractivity contribution in [1.29, 1.82) is 0 Å². The Balaban J connectivity index is 1.92. The van der Waals surface area contributed by atoms with E-state index in [2.05, 4.69) is 0 Å². The molecule has 1 heterocycles. The first kappa shape index (κ1) is 22.6. The summed E-state index contributed by atoms with van der Waals surface area (Å²) in [6, 6.07) is 13.2. The lowest BCUT2D eigenvalue weighted by Gasteiger charge is -2.33. The molecular formula is C22H27N3O5S. The molecule has 1 fully saturated rings. The number of amides is 2. The SMILES string of the molecule is COc1ccccc1N(CC(=O)N1CCC(C(N)=O)CC1)S(=O)(=O)c1ccc(C)cc1. The molecule has 0 unspecified atom stereocenters. The first-order valence-corrected chi connectivity index (χ1v) is 11.5. The van der Waals surface area contributed by atoms with Crippen LogP contribution in [-0.2, 0) is 19.6 Å². The Kier molecular flexibility index (Phi) is 6.84. The highest BCUT2D eigenvalue weighted by atomic mass is 32.2. The normalized spacial score (nSPS) is 14.8. The van der Waals surface area contributed by atoms with Crippen LogP contribution in [0.25, 0.3) is 0 Å². The van der Waals surface area contributed by atoms with Crippen LogP contribution in [-0.4, -0.2) is 51.9 Å². The average molecular weight is 446 g/mol. The quantitative estimate of drug-likeness (QED) is 0.700. The minimum absolute atomic E-state index is 0.0873. The van der Waals surface area contributed by atoms with Gasteiger partial charge in [0.25, 0.3) is 10.0 Å². The molecule has 3 rings (SSSR count). The van der Waals surface area contributed by atoms with Crippen molar-refractivity contribution in [3.05, 3.63) is 54.1 Å². The summed E-state index contributed by atoms with van der Waals surface area (Å²) in [5, 5.41) is 0. The summed E-state index contributed by atoms with van der Waals surface area (Å²) in [5.74, 6) is -0.627. The number of rotatable bonds is 7. The van der Waals surface area contributed by atoms with E-state index in [4.69, 9.17) is 10.5 Å². The fourth-order valence-electron chi connectivity index (χ4n) is 3.61. The molecule has 2 N–H and O–H groups in total. The summed E-state index contributed by atoms with van der Waals surface area (Å²) >= 11 is 0. The first-order valence-electron chi connectivity index (χ1n) is 10.0. The van der Waals surface area contributed by atoms with Gasteiger partial charge in [0, 0.05) is 19.0 Å². The van der Waals surface area contributed by atoms with E-state index in [1.54, 1.807) is 41.3 Å². The van der Waals surface area contributed by atoms with Gasteiger partial charge in [-0.1, -0.05) is 29.8 Å². The van der Waals surface area contributed by atoms with Gasteiger partial charge >= 0.3 is 0 Å². The Morgan fingerprint density at radius 2 is 1.71 bits per heavy atom. The van der Waals surface area contributed by atoms with Crippen molar-refractivity contribution < 1.29 is 22.7 Å². The molecule has 0 saturated carbocycles. The van der Waals surface area contributed by atoms with Gasteiger partial charge in [-0.25, -0.2) is 8.42 Å². The lowest BCUT2D eigenvalue weighted by molar-refractivity contribution is -0.133. The van der Waals surface area contributed by atoms with E-state index >= 15 is 0 Å². The monoisotopic (exact) mass is 445 g/mol. The topological polar surface area (TPSA) is 110 Å². The molecule has 2 aromatic carbocycles. The van der Waals surface area contributed by atoms with Gasteiger partial charge in [-0.2, -0.15) is 0 Å². The van der Waals surface area contributed by atoms with E-state index in [1.165, 1.54) is 19.2 Å². The molecule has 166 valence electrons. The molecule has 0 aromatic heterocycles. The number of sulfonamides is 1. The van der Waals surface area contributed by atoms with Crippen LogP contribution in [0.5, 0.6) is 5.75 Å². The van der Waals surface area contributed by atoms with E-state index in [9.17, 15) is 18.0 Å². The minimum Gasteiger partial charge on any atom is -0.495 e. The smallest absolute Gasteiger partial charge is 0.264 e. The molecule has 0 radical (unpaired) electrons. The number of carbonyl (C=O) groups excluding carboxylic acids is 2. The summed E-state index contributed by atoms with van der Waals surface area (Å²) < 4.78 is 33.5. The Labute approximate surface area is 182 Å². The predicted molar refractivity (Wildman–Crippen MR) is 117 cm³/mol. The van der Waals surface area contributed by atoms with Gasteiger partial charge in [-0.15, -0.1) is 0 Å². The lowest BCUT2D eigenvalue weighted by Crippen LogP contribution is -2.47. The largest absolute Gasteiger partial charge is 0.495 e. The van der Waals surface area contributed by atoms with Gasteiger partial charge in [-0.05, 0) is 44.0 Å². The number of nitrogens with two attached hydrogens (primary N) is 1. The summed E-state index contributed by atoms with van der Waals surface area (Å²) in [7, 11) is -2.58. The Hall–Kier alpha value is -3.07. The second-order valence-corrected chi connectivity index (χ2v) is 9.42. The summed E-state index contributed by atoms with van der Waals surface area (Å²) in [6.07, 6.45) is 0.945. The van der Waals surface area contributed by atoms with Crippen molar-refractivity contribution in [2.45, 2.75) is 24.7 Å². The zero-order valence-corrected chi connectivity index (χ0v) is 18.5. The molecular weight excluding hydrogens is 418 g/mol. The van der Waals surface area contributed by atoms with Gasteiger partial charge in [0.05, 0.1) is 17.7 Å². The molecule has 0 atom stereocenters. The van der Waals surface area contributed by atoms with Crippen molar-refractivity contribution in [2.24, 2.45) is 11.7 Å². The van der Waals surface area contributed by atoms with Crippen molar-refractivity contribution in [2.75, 3.05) is 31.0 Å². The van der Waals surface area contributed by atoms with Gasteiger partial charge in [0.1, 0.15) is 12.3 Å². The zero-order chi connectivity index (χ0) is 22.6. The van der Waals surface area contributed by atoms with Crippen LogP contribution in [0.15, 0.2) is 53.4 Å². The first-order chi connectivity index (χ1) is 14.7. The third kappa shape index (κ3) is 4.99. The van der Waals surface area contributed by atoms with Crippen molar-refractivity contribution in [3.8, 4) is 5.75 Å². The molecule has 8 nitrogen and oxygen atoms in total. The maximum Gasteiger partial charge on any atom is 0.264 e. The fourth-order valence-corrected chi connectivity index (χ4v) is 5.03. The van der Waals surface area contributed by atoms with Crippen molar-refractivity contribution in [1.82, 2.24) is 4.90 Å². The highest BCUT2D eigenvalue weighted by Gasteiger charge is 2.32. The molecule has 9 heteroatoms. The highest BCUT2D eigenvalue weighted by molar-refractivity contribution is 7.92. The molecule has 2 amide bonds. The number of benzene rings is 2. The third-order valence-corrected chi connectivity index (χ3v) is 7.27. The number of hydrogen-bond donors (Lipinski definition) is 1. The Morgan fingerprint density at radius 3 is 2.29 bits per heavy atom. The van der Waals surface area contributed by atoms with E-state index in [1.807, 2.05) is 6.92 Å². The number of nitrogens with zero attached hydrogens (tertiary/aromatic N) is 2. The fraction of sp³-hybridized carbons (Fsp3) is 0.364. The lowest BCUT2D eigenvalue weighted by atomic mass is 9.96. The van der Waals surface area contributed by atoms with Crippen LogP contribution in [0.3, 0.4) is 0 Å². The second-order valence-electron chi connectivity index (χ2n) is 7.55. The summed E-state index contributed by atoms with van der Waals surface area (Å²) in [4.78, 5) is 26.1. The minimum atomic E-state index is -4.03.